The Bertz CT molecular complexity index is 1100. The van der Waals surface area contributed by atoms with E-state index >= 15 is 0 Å². The maximum absolute atomic E-state index is 13.4. The third-order valence-corrected chi connectivity index (χ3v) is 6.48. The van der Waals surface area contributed by atoms with Gasteiger partial charge in [-0.1, -0.05) is 46.7 Å². The zero-order valence-corrected chi connectivity index (χ0v) is 23.1. The molecule has 2 aliphatic heterocycles. The smallest absolute Gasteiger partial charge is 0.261 e. The lowest BCUT2D eigenvalue weighted by atomic mass is 9.93. The summed E-state index contributed by atoms with van der Waals surface area (Å²) in [5.74, 6) is -1.43. The van der Waals surface area contributed by atoms with E-state index in [1.807, 2.05) is 41.5 Å². The van der Waals surface area contributed by atoms with Gasteiger partial charge in [0.15, 0.2) is 5.82 Å². The predicted octanol–water partition coefficient (Wildman–Crippen LogP) is 5.29. The van der Waals surface area contributed by atoms with Gasteiger partial charge in [-0.15, -0.1) is 0 Å². The number of hydrogen-bond acceptors (Lipinski definition) is 7. The number of carbonyl (C=O) groups excluding carboxylic acids is 2. The first kappa shape index (κ1) is 29.5. The lowest BCUT2D eigenvalue weighted by Gasteiger charge is -2.35. The molecule has 2 N–H and O–H groups in total. The summed E-state index contributed by atoms with van der Waals surface area (Å²) in [5, 5.41) is 10.1. The molecule has 4 heterocycles. The largest absolute Gasteiger partial charge is 0.480 e. The predicted molar refractivity (Wildman–Crippen MR) is 138 cm³/mol. The maximum Gasteiger partial charge on any atom is 0.261 e. The fourth-order valence-electron chi connectivity index (χ4n) is 4.25. The quantitative estimate of drug-likeness (QED) is 0.561. The van der Waals surface area contributed by atoms with Crippen LogP contribution in [-0.4, -0.2) is 70.1 Å². The Kier molecular flexibility index (Phi) is 8.85. The third kappa shape index (κ3) is 7.99. The molecule has 0 radical (unpaired) electrons. The Morgan fingerprint density at radius 3 is 2.18 bits per heavy atom. The highest BCUT2D eigenvalue weighted by Crippen LogP contribution is 2.28. The molecule has 2 fully saturated rings. The van der Waals surface area contributed by atoms with E-state index in [0.29, 0.717) is 24.5 Å². The molecule has 4 rings (SSSR count). The van der Waals surface area contributed by atoms with Crippen LogP contribution in [0.1, 0.15) is 78.7 Å². The fourth-order valence-corrected chi connectivity index (χ4v) is 4.25. The van der Waals surface area contributed by atoms with Crippen LogP contribution in [0.5, 0.6) is 0 Å². The fraction of sp³-hybridized carbons (Fsp3) is 0.692. The molecule has 0 aliphatic carbocycles. The molecule has 1 atom stereocenters. The molecular weight excluding hydrogens is 498 g/mol. The van der Waals surface area contributed by atoms with E-state index in [2.05, 4.69) is 15.6 Å². The molecule has 0 unspecified atom stereocenters. The summed E-state index contributed by atoms with van der Waals surface area (Å²) in [5.41, 5.74) is 6.82. The van der Waals surface area contributed by atoms with Gasteiger partial charge in [-0.3, -0.25) is 19.6 Å². The van der Waals surface area contributed by atoms with E-state index < -0.39 is 18.5 Å². The van der Waals surface area contributed by atoms with Crippen molar-refractivity contribution in [1.29, 1.82) is 0 Å². The van der Waals surface area contributed by atoms with Gasteiger partial charge in [0, 0.05) is 36.4 Å². The number of piperidine rings is 1. The van der Waals surface area contributed by atoms with Crippen LogP contribution >= 0.6 is 0 Å². The standard InChI is InChI=1S/C19H28F2N4O3.C7H11N2O/c1-18(2,3)14-10-15(23-28-14)22-17(27)13-6-4-5-8-25(13)16(26)11-24-9-7-19(20,21)12-24;1-7(2,3)5-4-6(8)9-10-5/h10,13H,4-9,11-12H2,1-3H3,(H,22,23,27);4H,1-3H3,(H-,8,9)/q;-1/t13-;/m0./s1. The van der Waals surface area contributed by atoms with Crippen LogP contribution < -0.4 is 5.32 Å². The Balaban J connectivity index is 0.000000336. The van der Waals surface area contributed by atoms with Crippen LogP contribution in [0.2, 0.25) is 0 Å². The third-order valence-electron chi connectivity index (χ3n) is 6.48. The van der Waals surface area contributed by atoms with Crippen LogP contribution in [0.4, 0.5) is 20.4 Å². The van der Waals surface area contributed by atoms with Gasteiger partial charge < -0.3 is 25.0 Å². The number of anilines is 1. The molecule has 2 saturated heterocycles. The van der Waals surface area contributed by atoms with E-state index in [-0.39, 0.29) is 48.0 Å². The van der Waals surface area contributed by atoms with Crippen molar-refractivity contribution in [1.82, 2.24) is 20.1 Å². The second kappa shape index (κ2) is 11.4. The summed E-state index contributed by atoms with van der Waals surface area (Å²) < 4.78 is 36.9. The number of halogens is 2. The van der Waals surface area contributed by atoms with Crippen molar-refractivity contribution in [3.63, 3.8) is 0 Å². The first-order valence-electron chi connectivity index (χ1n) is 12.9. The molecule has 0 saturated carbocycles. The average molecular weight is 538 g/mol. The van der Waals surface area contributed by atoms with Gasteiger partial charge in [-0.2, -0.15) is 0 Å². The van der Waals surface area contributed by atoms with Crippen LogP contribution in [0.25, 0.3) is 5.73 Å². The van der Waals surface area contributed by atoms with Gasteiger partial charge in [0.25, 0.3) is 5.92 Å². The molecule has 12 heteroatoms. The van der Waals surface area contributed by atoms with Gasteiger partial charge in [-0.25, -0.2) is 8.78 Å². The summed E-state index contributed by atoms with van der Waals surface area (Å²) >= 11 is 0. The lowest BCUT2D eigenvalue weighted by molar-refractivity contribution is -0.141. The molecule has 0 aromatic carbocycles. The van der Waals surface area contributed by atoms with Gasteiger partial charge in [0.1, 0.15) is 17.6 Å². The molecule has 38 heavy (non-hydrogen) atoms. The summed E-state index contributed by atoms with van der Waals surface area (Å²) in [6, 6.07) is 2.69. The maximum atomic E-state index is 13.4. The normalized spacial score (nSPS) is 20.1. The van der Waals surface area contributed by atoms with E-state index in [1.54, 1.807) is 12.1 Å². The number of nitrogens with one attached hydrogen (secondary N) is 2. The van der Waals surface area contributed by atoms with Gasteiger partial charge in [0.05, 0.1) is 13.1 Å². The SMILES string of the molecule is CC(C)(C)c1cc(NC(=O)[C@@H]2CCCCN2C(=O)CN2CCC(F)(F)C2)no1.CC(C)(C)c1cc([NH-])no1. The summed E-state index contributed by atoms with van der Waals surface area (Å²) in [7, 11) is 0. The monoisotopic (exact) mass is 537 g/mol. The van der Waals surface area contributed by atoms with Gasteiger partial charge in [0.2, 0.25) is 11.8 Å². The highest BCUT2D eigenvalue weighted by Gasteiger charge is 2.40. The molecule has 10 nitrogen and oxygen atoms in total. The second-order valence-corrected chi connectivity index (χ2v) is 12.1. The Labute approximate surface area is 222 Å². The Morgan fingerprint density at radius 2 is 1.68 bits per heavy atom. The van der Waals surface area contributed by atoms with E-state index in [9.17, 15) is 18.4 Å². The molecule has 2 aliphatic rings. The highest BCUT2D eigenvalue weighted by atomic mass is 19.3. The van der Waals surface area contributed by atoms with Crippen molar-refractivity contribution in [2.75, 3.05) is 31.5 Å². The zero-order chi connectivity index (χ0) is 28.3. The van der Waals surface area contributed by atoms with E-state index in [0.717, 1.165) is 18.6 Å². The average Bonchev–Trinajstić information content (AvgIpc) is 3.54. The minimum atomic E-state index is -2.74. The van der Waals surface area contributed by atoms with Gasteiger partial charge >= 0.3 is 0 Å². The van der Waals surface area contributed by atoms with Gasteiger partial charge in [-0.05, 0) is 31.1 Å². The molecule has 0 bridgehead atoms. The minimum absolute atomic E-state index is 0.0354. The number of amides is 2. The number of carbonyl (C=O) groups is 2. The summed E-state index contributed by atoms with van der Waals surface area (Å²) in [4.78, 5) is 28.4. The van der Waals surface area contributed by atoms with Crippen LogP contribution in [0.15, 0.2) is 21.2 Å². The number of alkyl halides is 2. The Morgan fingerprint density at radius 1 is 1.05 bits per heavy atom. The number of likely N-dealkylation sites (tertiary alicyclic amines) is 2. The lowest BCUT2D eigenvalue weighted by Crippen LogP contribution is -2.52. The van der Waals surface area contributed by atoms with Crippen molar-refractivity contribution in [2.24, 2.45) is 0 Å². The van der Waals surface area contributed by atoms with E-state index in [1.165, 1.54) is 9.80 Å². The van der Waals surface area contributed by atoms with Crippen molar-refractivity contribution >= 4 is 23.5 Å². The summed E-state index contributed by atoms with van der Waals surface area (Å²) in [6.07, 6.45) is 1.93. The molecule has 0 spiro atoms. The van der Waals surface area contributed by atoms with Crippen molar-refractivity contribution in [2.45, 2.75) is 90.0 Å². The molecule has 2 amide bonds. The molecule has 212 valence electrons. The van der Waals surface area contributed by atoms with Crippen molar-refractivity contribution in [3.8, 4) is 0 Å². The van der Waals surface area contributed by atoms with E-state index in [4.69, 9.17) is 14.8 Å². The van der Waals surface area contributed by atoms with Crippen LogP contribution in [0, 0.1) is 0 Å². The second-order valence-electron chi connectivity index (χ2n) is 12.1. The molecule has 2 aromatic rings. The molecular formula is C26H39F2N6O4-. The number of nitrogens with zero attached hydrogens (tertiary/aromatic N) is 4. The Hall–Kier alpha value is -3.02. The first-order chi connectivity index (χ1) is 17.5. The topological polar surface area (TPSA) is 129 Å². The number of aromatic nitrogens is 2. The number of rotatable bonds is 4. The zero-order valence-electron chi connectivity index (χ0n) is 23.1. The van der Waals surface area contributed by atoms with Crippen molar-refractivity contribution in [3.05, 3.63) is 29.4 Å². The van der Waals surface area contributed by atoms with Crippen LogP contribution in [-0.2, 0) is 20.4 Å². The highest BCUT2D eigenvalue weighted by molar-refractivity contribution is 5.96. The summed E-state index contributed by atoms with van der Waals surface area (Å²) in [6.45, 7) is 12.1. The van der Waals surface area contributed by atoms with Crippen LogP contribution in [0.3, 0.4) is 0 Å². The molecule has 2 aromatic heterocycles. The first-order valence-corrected chi connectivity index (χ1v) is 12.9. The number of hydrogen-bond donors (Lipinski definition) is 1. The van der Waals surface area contributed by atoms with Crippen molar-refractivity contribution < 1.29 is 27.4 Å². The minimum Gasteiger partial charge on any atom is -0.480 e.